The van der Waals surface area contributed by atoms with Crippen molar-refractivity contribution in [2.75, 3.05) is 0 Å². The van der Waals surface area contributed by atoms with Crippen molar-refractivity contribution >= 4 is 5.97 Å². The topological polar surface area (TPSA) is 26.3 Å². The van der Waals surface area contributed by atoms with Gasteiger partial charge in [0.1, 0.15) is 5.75 Å². The average Bonchev–Trinajstić information content (AvgIpc) is 2.76. The van der Waals surface area contributed by atoms with Gasteiger partial charge in [-0.3, -0.25) is 4.79 Å². The fourth-order valence-electron chi connectivity index (χ4n) is 6.07. The molecule has 4 rings (SSSR count). The van der Waals surface area contributed by atoms with E-state index in [9.17, 15) is 4.79 Å². The highest BCUT2D eigenvalue weighted by Crippen LogP contribution is 2.49. The van der Waals surface area contributed by atoms with Gasteiger partial charge in [-0.2, -0.15) is 0 Å². The third-order valence-corrected chi connectivity index (χ3v) is 7.71. The van der Waals surface area contributed by atoms with Crippen molar-refractivity contribution < 1.29 is 9.53 Å². The molecule has 0 radical (unpaired) electrons. The van der Waals surface area contributed by atoms with E-state index in [-0.39, 0.29) is 11.4 Å². The van der Waals surface area contributed by atoms with Crippen LogP contribution in [-0.2, 0) is 4.79 Å². The summed E-state index contributed by atoms with van der Waals surface area (Å²) in [6.45, 7) is 0. The number of rotatable bonds is 4. The number of ether oxygens (including phenoxy) is 1. The normalized spacial score (nSPS) is 24.4. The Morgan fingerprint density at radius 3 is 1.93 bits per heavy atom. The van der Waals surface area contributed by atoms with Crippen LogP contribution in [-0.4, -0.2) is 5.97 Å². The minimum atomic E-state index is -0.208. The Labute approximate surface area is 165 Å². The maximum atomic E-state index is 13.4. The zero-order valence-electron chi connectivity index (χ0n) is 16.9. The lowest BCUT2D eigenvalue weighted by Gasteiger charge is -2.43. The molecule has 0 aromatic heterocycles. The Kier molecular flexibility index (Phi) is 6.20. The molecule has 2 heteroatoms. The number of hydrogen-bond donors (Lipinski definition) is 0. The summed E-state index contributed by atoms with van der Waals surface area (Å²) in [5.41, 5.74) is 1.22. The van der Waals surface area contributed by atoms with Crippen molar-refractivity contribution in [3.05, 3.63) is 29.8 Å². The molecular formula is C25H36O2. The molecule has 3 aliphatic rings. The van der Waals surface area contributed by atoms with Crippen LogP contribution < -0.4 is 4.74 Å². The Morgan fingerprint density at radius 1 is 0.741 bits per heavy atom. The highest BCUT2D eigenvalue weighted by molar-refractivity contribution is 5.79. The monoisotopic (exact) mass is 368 g/mol. The highest BCUT2D eigenvalue weighted by Gasteiger charge is 2.47. The first-order valence-corrected chi connectivity index (χ1v) is 11.6. The van der Waals surface area contributed by atoms with E-state index in [0.717, 1.165) is 18.6 Å². The van der Waals surface area contributed by atoms with Gasteiger partial charge >= 0.3 is 5.97 Å². The number of carbonyl (C=O) groups excluding carboxylic acids is 1. The van der Waals surface area contributed by atoms with Gasteiger partial charge in [0.15, 0.2) is 0 Å². The van der Waals surface area contributed by atoms with E-state index < -0.39 is 0 Å². The summed E-state index contributed by atoms with van der Waals surface area (Å²) in [7, 11) is 0. The van der Waals surface area contributed by atoms with Gasteiger partial charge in [0.2, 0.25) is 0 Å². The molecule has 0 N–H and O–H groups in total. The van der Waals surface area contributed by atoms with Gasteiger partial charge in [0.25, 0.3) is 0 Å². The van der Waals surface area contributed by atoms with Crippen LogP contribution in [0.3, 0.4) is 0 Å². The first-order valence-electron chi connectivity index (χ1n) is 11.6. The minimum absolute atomic E-state index is 0.0690. The van der Waals surface area contributed by atoms with Crippen molar-refractivity contribution in [2.45, 2.75) is 102 Å². The Bertz CT molecular complexity index is 600. The van der Waals surface area contributed by atoms with Crippen LogP contribution in [0.15, 0.2) is 24.3 Å². The van der Waals surface area contributed by atoms with Crippen LogP contribution in [0.1, 0.15) is 108 Å². The quantitative estimate of drug-likeness (QED) is 0.416. The lowest BCUT2D eigenvalue weighted by atomic mass is 9.61. The van der Waals surface area contributed by atoms with Gasteiger partial charge in [0, 0.05) is 0 Å². The van der Waals surface area contributed by atoms with Gasteiger partial charge in [-0.25, -0.2) is 0 Å². The molecule has 3 fully saturated rings. The molecule has 0 atom stereocenters. The van der Waals surface area contributed by atoms with E-state index in [1.807, 2.05) is 12.1 Å². The molecule has 1 aromatic carbocycles. The van der Waals surface area contributed by atoms with Crippen molar-refractivity contribution in [1.29, 1.82) is 0 Å². The van der Waals surface area contributed by atoms with Crippen LogP contribution in [0.25, 0.3) is 0 Å². The maximum Gasteiger partial charge on any atom is 0.317 e. The Hall–Kier alpha value is -1.31. The van der Waals surface area contributed by atoms with Gasteiger partial charge in [-0.15, -0.1) is 0 Å². The first-order chi connectivity index (χ1) is 13.3. The highest BCUT2D eigenvalue weighted by atomic mass is 16.5. The molecule has 0 bridgehead atoms. The second-order valence-electron chi connectivity index (χ2n) is 9.35. The zero-order valence-corrected chi connectivity index (χ0v) is 16.9. The average molecular weight is 369 g/mol. The number of hydrogen-bond acceptors (Lipinski definition) is 2. The summed E-state index contributed by atoms with van der Waals surface area (Å²) in [6, 6.07) is 8.48. The van der Waals surface area contributed by atoms with E-state index in [4.69, 9.17) is 4.74 Å². The summed E-state index contributed by atoms with van der Waals surface area (Å²) in [5, 5.41) is 0. The lowest BCUT2D eigenvalue weighted by molar-refractivity contribution is -0.153. The molecule has 0 heterocycles. The molecule has 148 valence electrons. The van der Waals surface area contributed by atoms with E-state index in [2.05, 4.69) is 12.1 Å². The standard InChI is InChI=1S/C25H36O2/c26-24(25(18-8-3-9-19-25)22-12-6-2-7-13-22)27-23-16-14-21(15-17-23)20-10-4-1-5-11-20/h14-17,20,22H,1-13,18-19H2. The molecule has 3 aliphatic carbocycles. The molecule has 0 amide bonds. The minimum Gasteiger partial charge on any atom is -0.426 e. The third kappa shape index (κ3) is 4.25. The van der Waals surface area contributed by atoms with Crippen molar-refractivity contribution in [1.82, 2.24) is 0 Å². The molecule has 0 spiro atoms. The van der Waals surface area contributed by atoms with Crippen LogP contribution in [0.5, 0.6) is 5.75 Å². The fraction of sp³-hybridized carbons (Fsp3) is 0.720. The lowest BCUT2D eigenvalue weighted by Crippen LogP contribution is -2.44. The van der Waals surface area contributed by atoms with Gasteiger partial charge in [-0.1, -0.05) is 69.9 Å². The molecule has 1 aromatic rings. The van der Waals surface area contributed by atoms with E-state index in [1.54, 1.807) is 0 Å². The van der Waals surface area contributed by atoms with Crippen LogP contribution in [0.2, 0.25) is 0 Å². The number of esters is 1. The molecule has 2 nitrogen and oxygen atoms in total. The van der Waals surface area contributed by atoms with Crippen LogP contribution in [0, 0.1) is 11.3 Å². The van der Waals surface area contributed by atoms with Crippen LogP contribution >= 0.6 is 0 Å². The Morgan fingerprint density at radius 2 is 1.30 bits per heavy atom. The van der Waals surface area contributed by atoms with E-state index in [0.29, 0.717) is 11.8 Å². The molecular weight excluding hydrogens is 332 g/mol. The predicted octanol–water partition coefficient (Wildman–Crippen LogP) is 7.17. The summed E-state index contributed by atoms with van der Waals surface area (Å²) in [6.07, 6.45) is 18.8. The van der Waals surface area contributed by atoms with Crippen LogP contribution in [0.4, 0.5) is 0 Å². The molecule has 0 unspecified atom stereocenters. The van der Waals surface area contributed by atoms with Crippen molar-refractivity contribution in [3.63, 3.8) is 0 Å². The zero-order chi connectivity index (χ0) is 18.5. The fourth-order valence-corrected chi connectivity index (χ4v) is 6.07. The summed E-state index contributed by atoms with van der Waals surface area (Å²) in [4.78, 5) is 13.4. The largest absolute Gasteiger partial charge is 0.426 e. The third-order valence-electron chi connectivity index (χ3n) is 7.71. The molecule has 0 saturated heterocycles. The summed E-state index contributed by atoms with van der Waals surface area (Å²) < 4.78 is 6.01. The second kappa shape index (κ2) is 8.80. The summed E-state index contributed by atoms with van der Waals surface area (Å²) in [5.74, 6) is 2.07. The SMILES string of the molecule is O=C(Oc1ccc(C2CCCCC2)cc1)C1(C2CCCCC2)CCCCC1. The first kappa shape index (κ1) is 19.0. The van der Waals surface area contributed by atoms with Gasteiger partial charge < -0.3 is 4.74 Å². The van der Waals surface area contributed by atoms with Crippen molar-refractivity contribution in [2.24, 2.45) is 11.3 Å². The van der Waals surface area contributed by atoms with Crippen molar-refractivity contribution in [3.8, 4) is 5.75 Å². The molecule has 3 saturated carbocycles. The Balaban J connectivity index is 1.45. The predicted molar refractivity (Wildman–Crippen MR) is 110 cm³/mol. The summed E-state index contributed by atoms with van der Waals surface area (Å²) >= 11 is 0. The molecule has 0 aliphatic heterocycles. The van der Waals surface area contributed by atoms with E-state index >= 15 is 0 Å². The molecule has 27 heavy (non-hydrogen) atoms. The van der Waals surface area contributed by atoms with Gasteiger partial charge in [-0.05, 0) is 68.1 Å². The van der Waals surface area contributed by atoms with Gasteiger partial charge in [0.05, 0.1) is 5.41 Å². The number of carbonyl (C=O) groups is 1. The second-order valence-corrected chi connectivity index (χ2v) is 9.35. The smallest absolute Gasteiger partial charge is 0.317 e. The maximum absolute atomic E-state index is 13.4. The number of benzene rings is 1. The van der Waals surface area contributed by atoms with E-state index in [1.165, 1.54) is 89.0 Å².